The highest BCUT2D eigenvalue weighted by Gasteiger charge is 2.40. The maximum atomic E-state index is 13.5. The van der Waals surface area contributed by atoms with Crippen LogP contribution >= 0.6 is 0 Å². The Labute approximate surface area is 244 Å². The smallest absolute Gasteiger partial charge is 0.303 e. The summed E-state index contributed by atoms with van der Waals surface area (Å²) in [5.41, 5.74) is 0.894. The van der Waals surface area contributed by atoms with Gasteiger partial charge >= 0.3 is 5.97 Å². The fourth-order valence-electron chi connectivity index (χ4n) is 6.26. The number of carbonyl (C=O) groups excluding carboxylic acids is 4. The summed E-state index contributed by atoms with van der Waals surface area (Å²) in [4.78, 5) is 66.0. The first kappa shape index (κ1) is 30.8. The number of ketones is 1. The van der Waals surface area contributed by atoms with Crippen LogP contribution in [0.15, 0.2) is 24.3 Å². The van der Waals surface area contributed by atoms with Crippen LogP contribution in [-0.2, 0) is 36.9 Å². The maximum Gasteiger partial charge on any atom is 0.303 e. The first-order valence-corrected chi connectivity index (χ1v) is 14.5. The molecule has 13 nitrogen and oxygen atoms in total. The molecule has 4 N–H and O–H groups in total. The lowest BCUT2D eigenvalue weighted by molar-refractivity contribution is -0.140. The molecule has 1 aliphatic heterocycles. The number of nitrogens with one attached hydrogen (secondary N) is 3. The SMILES string of the molecule is CC[C@H](C)[C@H](CC(=O)CC1(CC(=O)O)CCCC1)C(=O)NCC(=O)N1c2ccccc2C[C@H]1C(=O)NCc1nn[nH]n1. The average Bonchev–Trinajstić information content (AvgIpc) is 3.72. The largest absolute Gasteiger partial charge is 0.481 e. The number of Topliss-reactive ketones (excluding diaryl/α,β-unsaturated/α-hetero) is 1. The van der Waals surface area contributed by atoms with Gasteiger partial charge in [-0.25, -0.2) is 0 Å². The lowest BCUT2D eigenvalue weighted by Crippen LogP contribution is -2.51. The van der Waals surface area contributed by atoms with E-state index in [2.05, 4.69) is 31.3 Å². The van der Waals surface area contributed by atoms with Crippen LogP contribution in [0.2, 0.25) is 0 Å². The van der Waals surface area contributed by atoms with Crippen molar-refractivity contribution in [3.05, 3.63) is 35.7 Å². The highest BCUT2D eigenvalue weighted by Crippen LogP contribution is 2.44. The van der Waals surface area contributed by atoms with E-state index in [1.165, 1.54) is 4.90 Å². The third-order valence-electron chi connectivity index (χ3n) is 8.65. The first-order chi connectivity index (χ1) is 20.1. The molecule has 1 aromatic heterocycles. The number of anilines is 1. The van der Waals surface area contributed by atoms with Crippen LogP contribution in [0, 0.1) is 17.3 Å². The van der Waals surface area contributed by atoms with Gasteiger partial charge in [0.2, 0.25) is 17.7 Å². The van der Waals surface area contributed by atoms with E-state index in [0.29, 0.717) is 37.2 Å². The van der Waals surface area contributed by atoms with E-state index >= 15 is 0 Å². The number of H-pyrrole nitrogens is 1. The van der Waals surface area contributed by atoms with Crippen LogP contribution in [0.4, 0.5) is 5.69 Å². The Morgan fingerprint density at radius 1 is 1.12 bits per heavy atom. The lowest BCUT2D eigenvalue weighted by Gasteiger charge is -2.28. The van der Waals surface area contributed by atoms with Crippen molar-refractivity contribution in [1.29, 1.82) is 0 Å². The number of para-hydroxylation sites is 1. The number of aromatic nitrogens is 4. The van der Waals surface area contributed by atoms with Crippen molar-refractivity contribution in [2.24, 2.45) is 17.3 Å². The molecule has 3 amide bonds. The minimum Gasteiger partial charge on any atom is -0.481 e. The number of carboxylic acid groups (broad SMARTS) is 1. The highest BCUT2D eigenvalue weighted by atomic mass is 16.4. The van der Waals surface area contributed by atoms with Gasteiger partial charge in [0, 0.05) is 30.9 Å². The van der Waals surface area contributed by atoms with Gasteiger partial charge in [-0.15, -0.1) is 10.2 Å². The van der Waals surface area contributed by atoms with Crippen LogP contribution in [0.1, 0.15) is 76.6 Å². The fourth-order valence-corrected chi connectivity index (χ4v) is 6.26. The number of benzene rings is 1. The molecule has 226 valence electrons. The molecule has 0 radical (unpaired) electrons. The Bertz CT molecular complexity index is 1290. The second-order valence-corrected chi connectivity index (χ2v) is 11.6. The topological polar surface area (TPSA) is 187 Å². The van der Waals surface area contributed by atoms with Gasteiger partial charge in [-0.05, 0) is 35.8 Å². The highest BCUT2D eigenvalue weighted by molar-refractivity contribution is 6.05. The van der Waals surface area contributed by atoms with Crippen LogP contribution in [0.3, 0.4) is 0 Å². The molecule has 0 unspecified atom stereocenters. The Balaban J connectivity index is 1.40. The molecule has 1 aromatic carbocycles. The van der Waals surface area contributed by atoms with Crippen molar-refractivity contribution >= 4 is 35.2 Å². The standard InChI is InChI=1S/C29H39N7O6/c1-3-18(2)21(13-20(37)14-29(15-26(39)40)10-6-7-11-29)27(41)31-17-25(38)36-22-9-5-4-8-19(22)12-23(36)28(42)30-16-24-32-34-35-33-24/h4-5,8-9,18,21,23H,3,6-7,10-17H2,1-2H3,(H,30,42)(H,31,41)(H,39,40)(H,32,33,34,35)/t18-,21-,23-/m0/s1. The summed E-state index contributed by atoms with van der Waals surface area (Å²) in [6.45, 7) is 3.52. The second kappa shape index (κ2) is 13.7. The molecule has 1 fully saturated rings. The van der Waals surface area contributed by atoms with Crippen molar-refractivity contribution in [3.8, 4) is 0 Å². The summed E-state index contributed by atoms with van der Waals surface area (Å²) >= 11 is 0. The number of aliphatic carboxylic acids is 1. The van der Waals surface area contributed by atoms with Crippen LogP contribution < -0.4 is 15.5 Å². The zero-order valence-corrected chi connectivity index (χ0v) is 24.1. The third-order valence-corrected chi connectivity index (χ3v) is 8.65. The predicted octanol–water partition coefficient (Wildman–Crippen LogP) is 1.94. The number of hydrogen-bond acceptors (Lipinski definition) is 8. The molecule has 2 aromatic rings. The van der Waals surface area contributed by atoms with E-state index in [0.717, 1.165) is 18.4 Å². The van der Waals surface area contributed by atoms with Gasteiger partial charge in [-0.2, -0.15) is 5.21 Å². The van der Waals surface area contributed by atoms with Gasteiger partial charge in [0.05, 0.1) is 19.5 Å². The summed E-state index contributed by atoms with van der Waals surface area (Å²) in [6, 6.07) is 6.42. The average molecular weight is 582 g/mol. The van der Waals surface area contributed by atoms with Crippen molar-refractivity contribution < 1.29 is 29.1 Å². The summed E-state index contributed by atoms with van der Waals surface area (Å²) in [7, 11) is 0. The monoisotopic (exact) mass is 581 g/mol. The molecule has 3 atom stereocenters. The van der Waals surface area contributed by atoms with Gasteiger partial charge in [-0.3, -0.25) is 28.9 Å². The number of carbonyl (C=O) groups is 5. The molecular weight excluding hydrogens is 542 g/mol. The van der Waals surface area contributed by atoms with E-state index in [1.807, 2.05) is 26.0 Å². The molecular formula is C29H39N7O6. The van der Waals surface area contributed by atoms with Crippen LogP contribution in [0.25, 0.3) is 0 Å². The first-order valence-electron chi connectivity index (χ1n) is 14.5. The molecule has 2 heterocycles. The van der Waals surface area contributed by atoms with E-state index in [9.17, 15) is 29.1 Å². The van der Waals surface area contributed by atoms with Gasteiger partial charge in [0.15, 0.2) is 5.82 Å². The molecule has 2 aliphatic rings. The Kier molecular flexibility index (Phi) is 10.0. The number of amides is 3. The van der Waals surface area contributed by atoms with E-state index in [1.54, 1.807) is 12.1 Å². The zero-order chi connectivity index (χ0) is 30.3. The molecule has 0 bridgehead atoms. The maximum absolute atomic E-state index is 13.5. The van der Waals surface area contributed by atoms with Gasteiger partial charge in [0.1, 0.15) is 11.8 Å². The van der Waals surface area contributed by atoms with Gasteiger partial charge in [-0.1, -0.05) is 56.5 Å². The Hall–Kier alpha value is -4.16. The number of nitrogens with zero attached hydrogens (tertiary/aromatic N) is 4. The Morgan fingerprint density at radius 2 is 1.86 bits per heavy atom. The minimum absolute atomic E-state index is 0.00986. The van der Waals surface area contributed by atoms with E-state index in [4.69, 9.17) is 0 Å². The lowest BCUT2D eigenvalue weighted by atomic mass is 9.76. The number of tetrazole rings is 1. The van der Waals surface area contributed by atoms with Gasteiger partial charge < -0.3 is 15.7 Å². The molecule has 0 saturated heterocycles. The molecule has 1 saturated carbocycles. The number of hydrogen-bond donors (Lipinski definition) is 4. The minimum atomic E-state index is -0.912. The molecule has 0 spiro atoms. The van der Waals surface area contributed by atoms with Crippen molar-refractivity contribution in [2.45, 2.75) is 84.2 Å². The van der Waals surface area contributed by atoms with Crippen LogP contribution in [0.5, 0.6) is 0 Å². The molecule has 42 heavy (non-hydrogen) atoms. The van der Waals surface area contributed by atoms with E-state index in [-0.39, 0.29) is 50.0 Å². The third kappa shape index (κ3) is 7.37. The second-order valence-electron chi connectivity index (χ2n) is 11.6. The predicted molar refractivity (Wildman–Crippen MR) is 151 cm³/mol. The van der Waals surface area contributed by atoms with Crippen molar-refractivity contribution in [3.63, 3.8) is 0 Å². The molecule has 4 rings (SSSR count). The Morgan fingerprint density at radius 3 is 2.52 bits per heavy atom. The normalized spacial score (nSPS) is 18.6. The quantitative estimate of drug-likeness (QED) is 0.258. The zero-order valence-electron chi connectivity index (χ0n) is 24.1. The molecule has 13 heteroatoms. The fraction of sp³-hybridized carbons (Fsp3) is 0.586. The van der Waals surface area contributed by atoms with Crippen LogP contribution in [-0.4, -0.2) is 67.8 Å². The summed E-state index contributed by atoms with van der Waals surface area (Å²) in [5, 5.41) is 28.3. The molecule has 1 aliphatic carbocycles. The summed E-state index contributed by atoms with van der Waals surface area (Å²) in [6.07, 6.45) is 4.24. The summed E-state index contributed by atoms with van der Waals surface area (Å²) in [5.74, 6) is -2.76. The van der Waals surface area contributed by atoms with Gasteiger partial charge in [0.25, 0.3) is 0 Å². The summed E-state index contributed by atoms with van der Waals surface area (Å²) < 4.78 is 0. The van der Waals surface area contributed by atoms with E-state index < -0.39 is 35.2 Å². The number of rotatable bonds is 14. The number of carboxylic acids is 1. The van der Waals surface area contributed by atoms with Crippen molar-refractivity contribution in [1.82, 2.24) is 31.3 Å². The van der Waals surface area contributed by atoms with Crippen molar-refractivity contribution in [2.75, 3.05) is 11.4 Å². The number of fused-ring (bicyclic) bond motifs is 1. The number of aromatic amines is 1.